The number of hydrogen-bond donors (Lipinski definition) is 1. The van der Waals surface area contributed by atoms with E-state index in [2.05, 4.69) is 71.3 Å². The van der Waals surface area contributed by atoms with Gasteiger partial charge in [-0.3, -0.25) is 4.90 Å². The van der Waals surface area contributed by atoms with Crippen molar-refractivity contribution in [3.8, 4) is 0 Å². The number of aromatic nitrogens is 2. The Labute approximate surface area is 130 Å². The van der Waals surface area contributed by atoms with Gasteiger partial charge in [0.2, 0.25) is 0 Å². The minimum absolute atomic E-state index is 0.273. The number of fused-ring (bicyclic) bond motifs is 1. The van der Waals surface area contributed by atoms with E-state index >= 15 is 0 Å². The molecule has 0 unspecified atom stereocenters. The van der Waals surface area contributed by atoms with Crippen molar-refractivity contribution in [2.45, 2.75) is 19.5 Å². The predicted molar refractivity (Wildman–Crippen MR) is 90.3 cm³/mol. The van der Waals surface area contributed by atoms with E-state index in [-0.39, 0.29) is 6.04 Å². The van der Waals surface area contributed by atoms with Gasteiger partial charge >= 0.3 is 0 Å². The molecular weight excluding hydrogens is 272 g/mol. The summed E-state index contributed by atoms with van der Waals surface area (Å²) in [5.74, 6) is 1.26. The van der Waals surface area contributed by atoms with E-state index in [9.17, 15) is 0 Å². The molecule has 22 heavy (non-hydrogen) atoms. The van der Waals surface area contributed by atoms with Gasteiger partial charge < -0.3 is 5.73 Å². The maximum atomic E-state index is 5.71. The third-order valence-electron chi connectivity index (χ3n) is 4.03. The highest BCUT2D eigenvalue weighted by Crippen LogP contribution is 2.24. The minimum Gasteiger partial charge on any atom is -0.384 e. The number of hydrogen-bond acceptors (Lipinski definition) is 4. The van der Waals surface area contributed by atoms with Gasteiger partial charge in [0.05, 0.1) is 6.54 Å². The zero-order valence-corrected chi connectivity index (χ0v) is 12.9. The number of nitrogen functional groups attached to an aromatic ring is 1. The maximum absolute atomic E-state index is 5.71. The Bertz CT molecular complexity index is 785. The Morgan fingerprint density at radius 1 is 1.09 bits per heavy atom. The molecule has 0 radical (unpaired) electrons. The van der Waals surface area contributed by atoms with Gasteiger partial charge in [0.15, 0.2) is 0 Å². The average Bonchev–Trinajstić information content (AvgIpc) is 2.53. The standard InChI is InChI=1S/C18H20N4/c1-13(22(2)12-18-20-10-9-17(19)21-18)15-8-7-14-5-3-4-6-16(14)11-15/h3-11,13H,12H2,1-2H3,(H2,19,20,21)/t13-/m1/s1. The Kier molecular flexibility index (Phi) is 4.02. The number of nitrogens with two attached hydrogens (primary N) is 1. The van der Waals surface area contributed by atoms with Crippen LogP contribution in [0.3, 0.4) is 0 Å². The van der Waals surface area contributed by atoms with E-state index in [4.69, 9.17) is 5.73 Å². The first kappa shape index (κ1) is 14.5. The number of rotatable bonds is 4. The van der Waals surface area contributed by atoms with E-state index < -0.39 is 0 Å². The third kappa shape index (κ3) is 3.07. The smallest absolute Gasteiger partial charge is 0.144 e. The first-order valence-electron chi connectivity index (χ1n) is 7.40. The lowest BCUT2D eigenvalue weighted by Gasteiger charge is -2.24. The van der Waals surface area contributed by atoms with Crippen molar-refractivity contribution in [1.82, 2.24) is 14.9 Å². The summed E-state index contributed by atoms with van der Waals surface area (Å²) in [7, 11) is 2.08. The maximum Gasteiger partial charge on any atom is 0.144 e. The van der Waals surface area contributed by atoms with Crippen molar-refractivity contribution in [2.24, 2.45) is 0 Å². The highest BCUT2D eigenvalue weighted by atomic mass is 15.1. The first-order valence-corrected chi connectivity index (χ1v) is 7.40. The zero-order chi connectivity index (χ0) is 15.5. The predicted octanol–water partition coefficient (Wildman–Crippen LogP) is 3.41. The fourth-order valence-electron chi connectivity index (χ4n) is 2.57. The van der Waals surface area contributed by atoms with Crippen LogP contribution in [-0.2, 0) is 6.54 Å². The molecule has 0 bridgehead atoms. The second kappa shape index (κ2) is 6.12. The van der Waals surface area contributed by atoms with Crippen LogP contribution in [0.5, 0.6) is 0 Å². The van der Waals surface area contributed by atoms with Gasteiger partial charge in [-0.1, -0.05) is 36.4 Å². The Morgan fingerprint density at radius 3 is 2.64 bits per heavy atom. The summed E-state index contributed by atoms with van der Waals surface area (Å²) in [5.41, 5.74) is 7.00. The van der Waals surface area contributed by atoms with Gasteiger partial charge in [0.25, 0.3) is 0 Å². The summed E-state index contributed by atoms with van der Waals surface area (Å²) < 4.78 is 0. The lowest BCUT2D eigenvalue weighted by Crippen LogP contribution is -2.23. The Balaban J connectivity index is 1.80. The van der Waals surface area contributed by atoms with E-state index in [0.29, 0.717) is 12.4 Å². The van der Waals surface area contributed by atoms with Crippen molar-refractivity contribution in [2.75, 3.05) is 12.8 Å². The molecule has 1 atom stereocenters. The molecule has 0 aliphatic carbocycles. The molecular formula is C18H20N4. The molecule has 1 heterocycles. The topological polar surface area (TPSA) is 55.0 Å². The second-order valence-corrected chi connectivity index (χ2v) is 5.60. The highest BCUT2D eigenvalue weighted by molar-refractivity contribution is 5.83. The molecule has 112 valence electrons. The number of benzene rings is 2. The van der Waals surface area contributed by atoms with Crippen LogP contribution >= 0.6 is 0 Å². The van der Waals surface area contributed by atoms with Gasteiger partial charge in [0, 0.05) is 12.2 Å². The molecule has 2 N–H and O–H groups in total. The minimum atomic E-state index is 0.273. The molecule has 3 rings (SSSR count). The van der Waals surface area contributed by atoms with Gasteiger partial charge in [-0.2, -0.15) is 0 Å². The summed E-state index contributed by atoms with van der Waals surface area (Å²) in [6, 6.07) is 17.0. The number of nitrogens with zero attached hydrogens (tertiary/aromatic N) is 3. The van der Waals surface area contributed by atoms with Crippen molar-refractivity contribution < 1.29 is 0 Å². The van der Waals surface area contributed by atoms with Gasteiger partial charge in [-0.05, 0) is 42.4 Å². The SMILES string of the molecule is C[C@H](c1ccc2ccccc2c1)N(C)Cc1nccc(N)n1. The summed E-state index contributed by atoms with van der Waals surface area (Å²) in [5, 5.41) is 2.53. The van der Waals surface area contributed by atoms with Crippen LogP contribution in [0, 0.1) is 0 Å². The summed E-state index contributed by atoms with van der Waals surface area (Å²) >= 11 is 0. The molecule has 0 fully saturated rings. The second-order valence-electron chi connectivity index (χ2n) is 5.60. The van der Waals surface area contributed by atoms with Crippen LogP contribution in [0.2, 0.25) is 0 Å². The molecule has 4 heteroatoms. The van der Waals surface area contributed by atoms with Gasteiger partial charge in [-0.15, -0.1) is 0 Å². The fourth-order valence-corrected chi connectivity index (χ4v) is 2.57. The third-order valence-corrected chi connectivity index (χ3v) is 4.03. The van der Waals surface area contributed by atoms with Crippen LogP contribution in [-0.4, -0.2) is 21.9 Å². The molecule has 0 saturated heterocycles. The molecule has 1 aromatic heterocycles. The first-order chi connectivity index (χ1) is 10.6. The van der Waals surface area contributed by atoms with E-state index in [1.54, 1.807) is 12.3 Å². The summed E-state index contributed by atoms with van der Waals surface area (Å²) in [4.78, 5) is 10.8. The van der Waals surface area contributed by atoms with Crippen LogP contribution in [0.4, 0.5) is 5.82 Å². The van der Waals surface area contributed by atoms with Crippen molar-refractivity contribution in [1.29, 1.82) is 0 Å². The van der Waals surface area contributed by atoms with Crippen LogP contribution in [0.1, 0.15) is 24.4 Å². The van der Waals surface area contributed by atoms with E-state index in [0.717, 1.165) is 5.82 Å². The van der Waals surface area contributed by atoms with Crippen LogP contribution in [0.15, 0.2) is 54.7 Å². The largest absolute Gasteiger partial charge is 0.384 e. The quantitative estimate of drug-likeness (QED) is 0.800. The van der Waals surface area contributed by atoms with Crippen LogP contribution in [0.25, 0.3) is 10.8 Å². The molecule has 0 aliphatic heterocycles. The Morgan fingerprint density at radius 2 is 1.86 bits per heavy atom. The van der Waals surface area contributed by atoms with Crippen molar-refractivity contribution >= 4 is 16.6 Å². The van der Waals surface area contributed by atoms with Gasteiger partial charge in [-0.25, -0.2) is 9.97 Å². The normalized spacial score (nSPS) is 12.7. The number of anilines is 1. The molecule has 2 aromatic carbocycles. The molecule has 0 amide bonds. The summed E-state index contributed by atoms with van der Waals surface area (Å²) in [6.07, 6.45) is 1.70. The highest BCUT2D eigenvalue weighted by Gasteiger charge is 2.13. The molecule has 4 nitrogen and oxygen atoms in total. The van der Waals surface area contributed by atoms with Crippen molar-refractivity contribution in [3.63, 3.8) is 0 Å². The average molecular weight is 292 g/mol. The molecule has 0 saturated carbocycles. The molecule has 0 aliphatic rings. The van der Waals surface area contributed by atoms with Crippen molar-refractivity contribution in [3.05, 3.63) is 66.1 Å². The monoisotopic (exact) mass is 292 g/mol. The zero-order valence-electron chi connectivity index (χ0n) is 12.9. The molecule has 0 spiro atoms. The van der Waals surface area contributed by atoms with Gasteiger partial charge in [0.1, 0.15) is 11.6 Å². The molecule has 3 aromatic rings. The Hall–Kier alpha value is -2.46. The van der Waals surface area contributed by atoms with Crippen LogP contribution < -0.4 is 5.73 Å². The summed E-state index contributed by atoms with van der Waals surface area (Å²) in [6.45, 7) is 2.86. The fraction of sp³-hybridized carbons (Fsp3) is 0.222. The van der Waals surface area contributed by atoms with E-state index in [1.807, 2.05) is 0 Å². The lowest BCUT2D eigenvalue weighted by molar-refractivity contribution is 0.247. The van der Waals surface area contributed by atoms with E-state index in [1.165, 1.54) is 16.3 Å². The lowest BCUT2D eigenvalue weighted by atomic mass is 10.0.